The molecule has 0 bridgehead atoms. The summed E-state index contributed by atoms with van der Waals surface area (Å²) in [4.78, 5) is 28.5. The maximum atomic E-state index is 10.8. The Hall–Kier alpha value is 0.620. The van der Waals surface area contributed by atoms with Crippen molar-refractivity contribution >= 4 is 13.6 Å². The Morgan fingerprint density at radius 2 is 1.36 bits per heavy atom. The van der Waals surface area contributed by atoms with E-state index in [0.29, 0.717) is 12.8 Å². The first-order chi connectivity index (χ1) is 9.87. The van der Waals surface area contributed by atoms with Crippen LogP contribution in [0.3, 0.4) is 0 Å². The number of carbonyl (C=O) groups is 1. The second-order valence-corrected chi connectivity index (χ2v) is 7.53. The third-order valence-corrected chi connectivity index (χ3v) is 4.61. The standard InChI is InChI=1S/C15H31O5P.Na/c1-2-3-4-5-6-7-8-9-10-11-12-14(15(16)17)13-21(18,19)20;/h14H,2-13H2,1H3,(H,16,17)(H2,18,19,20);/q;+1/p-1. The van der Waals surface area contributed by atoms with E-state index in [1.807, 2.05) is 0 Å². The summed E-state index contributed by atoms with van der Waals surface area (Å²) >= 11 is 0. The Morgan fingerprint density at radius 1 is 0.955 bits per heavy atom. The quantitative estimate of drug-likeness (QED) is 0.259. The number of aliphatic carboxylic acids is 1. The molecule has 5 nitrogen and oxygen atoms in total. The molecule has 0 aromatic heterocycles. The fourth-order valence-electron chi connectivity index (χ4n) is 2.45. The number of hydrogen-bond acceptors (Lipinski definition) is 3. The summed E-state index contributed by atoms with van der Waals surface area (Å²) in [6.45, 7) is 2.20. The molecule has 0 aliphatic rings. The number of hydrogen-bond donors (Lipinski definition) is 2. The topological polar surface area (TPSA) is 97.7 Å². The average molecular weight is 344 g/mol. The van der Waals surface area contributed by atoms with Crippen molar-refractivity contribution in [3.05, 3.63) is 0 Å². The Labute approximate surface area is 156 Å². The molecule has 0 fully saturated rings. The van der Waals surface area contributed by atoms with Crippen molar-refractivity contribution in [1.29, 1.82) is 0 Å². The molecular weight excluding hydrogens is 314 g/mol. The van der Waals surface area contributed by atoms with E-state index >= 15 is 0 Å². The van der Waals surface area contributed by atoms with Crippen LogP contribution in [0.4, 0.5) is 0 Å². The number of carboxylic acids is 1. The monoisotopic (exact) mass is 344 g/mol. The van der Waals surface area contributed by atoms with Crippen LogP contribution in [0.2, 0.25) is 0 Å². The first-order valence-electron chi connectivity index (χ1n) is 8.12. The minimum Gasteiger partial charge on any atom is -0.550 e. The van der Waals surface area contributed by atoms with Crippen LogP contribution < -0.4 is 34.7 Å². The fourth-order valence-corrected chi connectivity index (χ4v) is 3.35. The molecule has 0 spiro atoms. The molecular formula is C15H30NaO5P. The van der Waals surface area contributed by atoms with E-state index in [4.69, 9.17) is 9.79 Å². The van der Waals surface area contributed by atoms with Gasteiger partial charge in [-0.3, -0.25) is 4.57 Å². The third kappa shape index (κ3) is 17.0. The van der Waals surface area contributed by atoms with Crippen LogP contribution in [-0.4, -0.2) is 21.9 Å². The molecule has 0 radical (unpaired) electrons. The third-order valence-electron chi connectivity index (χ3n) is 3.70. The molecule has 126 valence electrons. The average Bonchev–Trinajstić information content (AvgIpc) is 2.38. The molecule has 0 saturated carbocycles. The number of unbranched alkanes of at least 4 members (excludes halogenated alkanes) is 9. The molecule has 7 heteroatoms. The van der Waals surface area contributed by atoms with Gasteiger partial charge < -0.3 is 19.7 Å². The SMILES string of the molecule is CCCCCCCCCCCCC(CP(=O)(O)O)C(=O)[O-].[Na+]. The van der Waals surface area contributed by atoms with Gasteiger partial charge in [0.05, 0.1) is 6.16 Å². The molecule has 0 aromatic carbocycles. The normalized spacial score (nSPS) is 12.7. The van der Waals surface area contributed by atoms with Crippen LogP contribution in [0, 0.1) is 5.92 Å². The second-order valence-electron chi connectivity index (χ2n) is 5.83. The van der Waals surface area contributed by atoms with Crippen LogP contribution >= 0.6 is 7.60 Å². The van der Waals surface area contributed by atoms with Crippen LogP contribution in [-0.2, 0) is 9.36 Å². The predicted octanol–water partition coefficient (Wildman–Crippen LogP) is -0.155. The summed E-state index contributed by atoms with van der Waals surface area (Å²) in [5.41, 5.74) is 0. The van der Waals surface area contributed by atoms with E-state index in [-0.39, 0.29) is 29.6 Å². The number of carboxylic acid groups (broad SMARTS) is 1. The molecule has 0 heterocycles. The van der Waals surface area contributed by atoms with Crippen molar-refractivity contribution in [2.75, 3.05) is 6.16 Å². The van der Waals surface area contributed by atoms with Gasteiger partial charge in [0.25, 0.3) is 0 Å². The van der Waals surface area contributed by atoms with Crippen LogP contribution in [0.25, 0.3) is 0 Å². The van der Waals surface area contributed by atoms with E-state index in [0.717, 1.165) is 19.3 Å². The van der Waals surface area contributed by atoms with Gasteiger partial charge in [0.2, 0.25) is 0 Å². The van der Waals surface area contributed by atoms with Crippen molar-refractivity contribution in [2.24, 2.45) is 5.92 Å². The molecule has 1 unspecified atom stereocenters. The first-order valence-corrected chi connectivity index (χ1v) is 9.92. The van der Waals surface area contributed by atoms with E-state index in [9.17, 15) is 14.5 Å². The molecule has 0 aliphatic heterocycles. The van der Waals surface area contributed by atoms with E-state index < -0.39 is 25.6 Å². The van der Waals surface area contributed by atoms with Gasteiger partial charge in [-0.25, -0.2) is 0 Å². The summed E-state index contributed by atoms with van der Waals surface area (Å²) in [5.74, 6) is -2.38. The predicted molar refractivity (Wildman–Crippen MR) is 81.9 cm³/mol. The summed E-state index contributed by atoms with van der Waals surface area (Å²) in [7, 11) is -4.28. The van der Waals surface area contributed by atoms with Crippen LogP contribution in [0.1, 0.15) is 77.6 Å². The molecule has 2 N–H and O–H groups in total. The van der Waals surface area contributed by atoms with Crippen molar-refractivity contribution in [3.63, 3.8) is 0 Å². The molecule has 1 atom stereocenters. The zero-order valence-electron chi connectivity index (χ0n) is 14.1. The summed E-state index contributed by atoms with van der Waals surface area (Å²) in [6.07, 6.45) is 11.2. The fraction of sp³-hybridized carbons (Fsp3) is 0.933. The van der Waals surface area contributed by atoms with E-state index in [1.54, 1.807) is 0 Å². The van der Waals surface area contributed by atoms with Gasteiger partial charge in [0, 0.05) is 11.9 Å². The van der Waals surface area contributed by atoms with Crippen molar-refractivity contribution in [1.82, 2.24) is 0 Å². The Bertz CT molecular complexity index is 319. The van der Waals surface area contributed by atoms with Crippen molar-refractivity contribution in [3.8, 4) is 0 Å². The maximum Gasteiger partial charge on any atom is 1.00 e. The summed E-state index contributed by atoms with van der Waals surface area (Å²) in [6, 6.07) is 0. The minimum absolute atomic E-state index is 0. The van der Waals surface area contributed by atoms with Gasteiger partial charge in [-0.15, -0.1) is 0 Å². The number of rotatable bonds is 14. The smallest absolute Gasteiger partial charge is 0.550 e. The van der Waals surface area contributed by atoms with E-state index in [2.05, 4.69) is 6.92 Å². The second kappa shape index (κ2) is 15.2. The van der Waals surface area contributed by atoms with Gasteiger partial charge >= 0.3 is 37.2 Å². The molecule has 0 aromatic rings. The van der Waals surface area contributed by atoms with Crippen LogP contribution in [0.5, 0.6) is 0 Å². The van der Waals surface area contributed by atoms with Crippen molar-refractivity contribution in [2.45, 2.75) is 77.6 Å². The molecule has 0 aliphatic carbocycles. The van der Waals surface area contributed by atoms with Gasteiger partial charge in [0.15, 0.2) is 0 Å². The summed E-state index contributed by atoms with van der Waals surface area (Å²) < 4.78 is 10.8. The van der Waals surface area contributed by atoms with E-state index in [1.165, 1.54) is 38.5 Å². The Balaban J connectivity index is 0. The van der Waals surface area contributed by atoms with Crippen molar-refractivity contribution < 1.29 is 53.8 Å². The molecule has 0 rings (SSSR count). The maximum absolute atomic E-state index is 10.8. The zero-order valence-corrected chi connectivity index (χ0v) is 17.0. The van der Waals surface area contributed by atoms with Gasteiger partial charge in [-0.2, -0.15) is 0 Å². The molecule has 0 saturated heterocycles. The van der Waals surface area contributed by atoms with Gasteiger partial charge in [-0.05, 0) is 6.42 Å². The summed E-state index contributed by atoms with van der Waals surface area (Å²) in [5, 5.41) is 10.8. The largest absolute Gasteiger partial charge is 1.00 e. The van der Waals surface area contributed by atoms with Gasteiger partial charge in [-0.1, -0.05) is 71.1 Å². The molecule has 0 amide bonds. The molecule has 22 heavy (non-hydrogen) atoms. The first kappa shape index (κ1) is 24.9. The minimum atomic E-state index is -4.28. The zero-order chi connectivity index (χ0) is 16.1. The Morgan fingerprint density at radius 3 is 1.73 bits per heavy atom. The number of carbonyl (C=O) groups excluding carboxylic acids is 1. The Kier molecular flexibility index (Phi) is 17.1. The van der Waals surface area contributed by atoms with Crippen LogP contribution in [0.15, 0.2) is 0 Å². The van der Waals surface area contributed by atoms with Gasteiger partial charge in [0.1, 0.15) is 0 Å².